The number of halogens is 1. The number of hydrogen-bond donors (Lipinski definition) is 0. The van der Waals surface area contributed by atoms with Gasteiger partial charge in [0, 0.05) is 17.6 Å². The third-order valence-electron chi connectivity index (χ3n) is 4.35. The molecular weight excluding hydrogens is 340 g/mol. The van der Waals surface area contributed by atoms with E-state index < -0.39 is 0 Å². The fourth-order valence-electron chi connectivity index (χ4n) is 2.85. The highest BCUT2D eigenvalue weighted by atomic mass is 35.5. The van der Waals surface area contributed by atoms with Gasteiger partial charge in [0.1, 0.15) is 12.4 Å². The zero-order valence-corrected chi connectivity index (χ0v) is 14.5. The number of benzene rings is 2. The maximum Gasteiger partial charge on any atom is 0.368 e. The average molecular weight is 357 g/mol. The summed E-state index contributed by atoms with van der Waals surface area (Å²) in [6.45, 7) is 0.252. The molecule has 1 saturated carbocycles. The zero-order valence-electron chi connectivity index (χ0n) is 13.7. The van der Waals surface area contributed by atoms with Crippen molar-refractivity contribution in [2.24, 2.45) is 7.05 Å². The summed E-state index contributed by atoms with van der Waals surface area (Å²) in [7, 11) is 1.55. The fraction of sp³-hybridized carbons (Fsp3) is 0.278. The van der Waals surface area contributed by atoms with E-state index in [1.807, 2.05) is 18.2 Å². The van der Waals surface area contributed by atoms with Crippen LogP contribution in [0.1, 0.15) is 29.9 Å². The first-order valence-corrected chi connectivity index (χ1v) is 8.51. The van der Waals surface area contributed by atoms with Crippen molar-refractivity contribution in [3.63, 3.8) is 0 Å². The first-order valence-electron chi connectivity index (χ1n) is 8.13. The lowest BCUT2D eigenvalue weighted by Gasteiger charge is -2.14. The van der Waals surface area contributed by atoms with Gasteiger partial charge in [0.05, 0.1) is 5.69 Å². The van der Waals surface area contributed by atoms with Gasteiger partial charge in [-0.05, 0) is 52.9 Å². The van der Waals surface area contributed by atoms with Crippen LogP contribution in [0.2, 0.25) is 5.02 Å². The SMILES string of the molecule is Cn1nnn(-c2cccc(Cl)c2COc2ccccc2C2CC2)c1=O. The van der Waals surface area contributed by atoms with E-state index in [0.29, 0.717) is 22.2 Å². The molecule has 7 heteroatoms. The summed E-state index contributed by atoms with van der Waals surface area (Å²) in [6, 6.07) is 13.4. The number of rotatable bonds is 5. The Kier molecular flexibility index (Phi) is 4.05. The molecular formula is C18H17ClN4O2. The van der Waals surface area contributed by atoms with E-state index in [4.69, 9.17) is 16.3 Å². The minimum atomic E-state index is -0.332. The Bertz CT molecular complexity index is 975. The molecule has 0 saturated heterocycles. The molecule has 4 rings (SSSR count). The first kappa shape index (κ1) is 15.9. The van der Waals surface area contributed by atoms with Crippen molar-refractivity contribution in [3.05, 3.63) is 69.1 Å². The average Bonchev–Trinajstić information content (AvgIpc) is 3.41. The molecule has 0 amide bonds. The van der Waals surface area contributed by atoms with Crippen LogP contribution >= 0.6 is 11.6 Å². The van der Waals surface area contributed by atoms with Crippen molar-refractivity contribution in [2.45, 2.75) is 25.4 Å². The topological polar surface area (TPSA) is 61.9 Å². The Hall–Kier alpha value is -2.60. The van der Waals surface area contributed by atoms with Crippen LogP contribution in [0, 0.1) is 0 Å². The van der Waals surface area contributed by atoms with E-state index in [9.17, 15) is 4.79 Å². The second kappa shape index (κ2) is 6.37. The van der Waals surface area contributed by atoms with E-state index in [1.54, 1.807) is 25.2 Å². The summed E-state index contributed by atoms with van der Waals surface area (Å²) in [5.41, 5.74) is 2.18. The molecule has 3 aromatic rings. The van der Waals surface area contributed by atoms with E-state index in [0.717, 1.165) is 5.75 Å². The molecule has 25 heavy (non-hydrogen) atoms. The van der Waals surface area contributed by atoms with Crippen molar-refractivity contribution >= 4 is 11.6 Å². The summed E-state index contributed by atoms with van der Waals surface area (Å²) in [5.74, 6) is 1.45. The molecule has 0 unspecified atom stereocenters. The van der Waals surface area contributed by atoms with Gasteiger partial charge in [-0.25, -0.2) is 4.79 Å². The molecule has 1 aromatic heterocycles. The standard InChI is InChI=1S/C18H17ClN4O2/c1-22-18(24)23(21-20-22)16-7-4-6-15(19)14(16)11-25-17-8-3-2-5-13(17)12-9-10-12/h2-8,12H,9-11H2,1H3. The molecule has 2 aromatic carbocycles. The number of ether oxygens (including phenoxy) is 1. The lowest BCUT2D eigenvalue weighted by Crippen LogP contribution is -2.23. The zero-order chi connectivity index (χ0) is 17.4. The largest absolute Gasteiger partial charge is 0.488 e. The monoisotopic (exact) mass is 356 g/mol. The smallest absolute Gasteiger partial charge is 0.368 e. The van der Waals surface area contributed by atoms with E-state index in [2.05, 4.69) is 16.5 Å². The Labute approximate surface area is 149 Å². The lowest BCUT2D eigenvalue weighted by molar-refractivity contribution is 0.302. The molecule has 1 aliphatic rings. The predicted molar refractivity (Wildman–Crippen MR) is 94.4 cm³/mol. The highest BCUT2D eigenvalue weighted by Gasteiger charge is 2.26. The van der Waals surface area contributed by atoms with Crippen LogP contribution in [0.15, 0.2) is 47.3 Å². The molecule has 1 fully saturated rings. The Morgan fingerprint density at radius 3 is 2.68 bits per heavy atom. The van der Waals surface area contributed by atoms with Gasteiger partial charge in [-0.15, -0.1) is 0 Å². The molecule has 0 spiro atoms. The van der Waals surface area contributed by atoms with Crippen molar-refractivity contribution in [2.75, 3.05) is 0 Å². The van der Waals surface area contributed by atoms with Gasteiger partial charge in [0.15, 0.2) is 0 Å². The van der Waals surface area contributed by atoms with Crippen LogP contribution in [-0.4, -0.2) is 19.8 Å². The number of para-hydroxylation sites is 1. The minimum Gasteiger partial charge on any atom is -0.488 e. The molecule has 0 radical (unpaired) electrons. The molecule has 0 atom stereocenters. The van der Waals surface area contributed by atoms with Gasteiger partial charge in [0.25, 0.3) is 0 Å². The molecule has 0 aliphatic heterocycles. The Balaban J connectivity index is 1.67. The maximum atomic E-state index is 12.2. The van der Waals surface area contributed by atoms with Crippen LogP contribution in [0.3, 0.4) is 0 Å². The van der Waals surface area contributed by atoms with Crippen LogP contribution in [0.4, 0.5) is 0 Å². The van der Waals surface area contributed by atoms with Crippen LogP contribution in [0.25, 0.3) is 5.69 Å². The van der Waals surface area contributed by atoms with E-state index in [-0.39, 0.29) is 12.3 Å². The fourth-order valence-corrected chi connectivity index (χ4v) is 3.07. The maximum absolute atomic E-state index is 12.2. The second-order valence-corrected chi connectivity index (χ2v) is 6.54. The van der Waals surface area contributed by atoms with Gasteiger partial charge >= 0.3 is 5.69 Å². The highest BCUT2D eigenvalue weighted by molar-refractivity contribution is 6.31. The van der Waals surface area contributed by atoms with Gasteiger partial charge in [0.2, 0.25) is 0 Å². The number of tetrazole rings is 1. The quantitative estimate of drug-likeness (QED) is 0.704. The number of hydrogen-bond acceptors (Lipinski definition) is 4. The van der Waals surface area contributed by atoms with Crippen molar-refractivity contribution in [1.29, 1.82) is 0 Å². The molecule has 1 heterocycles. The number of nitrogens with zero attached hydrogens (tertiary/aromatic N) is 4. The summed E-state index contributed by atoms with van der Waals surface area (Å²) in [5, 5.41) is 8.19. The lowest BCUT2D eigenvalue weighted by atomic mass is 10.1. The minimum absolute atomic E-state index is 0.252. The molecule has 6 nitrogen and oxygen atoms in total. The summed E-state index contributed by atoms with van der Waals surface area (Å²) in [4.78, 5) is 12.2. The number of aromatic nitrogens is 4. The Morgan fingerprint density at radius 1 is 1.16 bits per heavy atom. The highest BCUT2D eigenvalue weighted by Crippen LogP contribution is 2.44. The van der Waals surface area contributed by atoms with Crippen LogP contribution in [-0.2, 0) is 13.7 Å². The van der Waals surface area contributed by atoms with Crippen LogP contribution < -0.4 is 10.4 Å². The molecule has 0 bridgehead atoms. The van der Waals surface area contributed by atoms with Gasteiger partial charge < -0.3 is 4.74 Å². The second-order valence-electron chi connectivity index (χ2n) is 6.14. The van der Waals surface area contributed by atoms with Crippen molar-refractivity contribution in [1.82, 2.24) is 19.8 Å². The third kappa shape index (κ3) is 3.05. The number of aryl methyl sites for hydroxylation is 1. The van der Waals surface area contributed by atoms with Crippen LogP contribution in [0.5, 0.6) is 5.75 Å². The molecule has 128 valence electrons. The molecule has 1 aliphatic carbocycles. The normalized spacial score (nSPS) is 13.8. The Morgan fingerprint density at radius 2 is 1.96 bits per heavy atom. The van der Waals surface area contributed by atoms with E-state index >= 15 is 0 Å². The predicted octanol–water partition coefficient (Wildman–Crippen LogP) is 3.08. The third-order valence-corrected chi connectivity index (χ3v) is 4.71. The van der Waals surface area contributed by atoms with E-state index in [1.165, 1.54) is 27.8 Å². The summed E-state index contributed by atoms with van der Waals surface area (Å²) >= 11 is 6.37. The summed E-state index contributed by atoms with van der Waals surface area (Å²) < 4.78 is 8.47. The summed E-state index contributed by atoms with van der Waals surface area (Å²) in [6.07, 6.45) is 2.40. The van der Waals surface area contributed by atoms with Gasteiger partial charge in [-0.2, -0.15) is 9.36 Å². The van der Waals surface area contributed by atoms with Crippen molar-refractivity contribution in [3.8, 4) is 11.4 Å². The van der Waals surface area contributed by atoms with Crippen molar-refractivity contribution < 1.29 is 4.74 Å². The van der Waals surface area contributed by atoms with Gasteiger partial charge in [-0.1, -0.05) is 35.9 Å². The first-order chi connectivity index (χ1) is 12.1. The van der Waals surface area contributed by atoms with Gasteiger partial charge in [-0.3, -0.25) is 0 Å². The molecule has 0 N–H and O–H groups in total.